The molecule has 0 fully saturated rings. The van der Waals surface area contributed by atoms with Gasteiger partial charge in [0.2, 0.25) is 11.9 Å². The standard InChI is InChI=1S/C18H15N5OS/c1-12-17(23-9-3-2-6-15(23)20-12)14-7-8-19-18(21-14)22-16(24)11-13-5-4-10-25-13/h2-10H,11H2,1H3,(H,19,21,22,24). The molecule has 0 aliphatic heterocycles. The first-order chi connectivity index (χ1) is 12.2. The molecule has 0 saturated carbocycles. The van der Waals surface area contributed by atoms with Gasteiger partial charge in [-0.1, -0.05) is 12.1 Å². The summed E-state index contributed by atoms with van der Waals surface area (Å²) in [6, 6.07) is 11.5. The summed E-state index contributed by atoms with van der Waals surface area (Å²) in [5, 5.41) is 4.72. The molecular weight excluding hydrogens is 334 g/mol. The summed E-state index contributed by atoms with van der Waals surface area (Å²) in [5.41, 5.74) is 3.35. The molecule has 0 aliphatic rings. The van der Waals surface area contributed by atoms with Gasteiger partial charge in [0.1, 0.15) is 5.65 Å². The molecule has 1 amide bonds. The van der Waals surface area contributed by atoms with Crippen LogP contribution in [0.4, 0.5) is 5.95 Å². The Bertz CT molecular complexity index is 1040. The molecule has 7 heteroatoms. The topological polar surface area (TPSA) is 72.2 Å². The van der Waals surface area contributed by atoms with Crippen molar-refractivity contribution in [2.75, 3.05) is 5.32 Å². The third-order valence-electron chi connectivity index (χ3n) is 3.77. The fourth-order valence-corrected chi connectivity index (χ4v) is 3.42. The van der Waals surface area contributed by atoms with E-state index in [0.717, 1.165) is 27.6 Å². The van der Waals surface area contributed by atoms with Crippen LogP contribution < -0.4 is 5.32 Å². The van der Waals surface area contributed by atoms with Crippen molar-refractivity contribution in [3.63, 3.8) is 0 Å². The molecule has 1 N–H and O–H groups in total. The van der Waals surface area contributed by atoms with Gasteiger partial charge in [0.15, 0.2) is 0 Å². The van der Waals surface area contributed by atoms with Crippen molar-refractivity contribution in [2.45, 2.75) is 13.3 Å². The number of fused-ring (bicyclic) bond motifs is 1. The van der Waals surface area contributed by atoms with Gasteiger partial charge in [-0.15, -0.1) is 11.3 Å². The van der Waals surface area contributed by atoms with Gasteiger partial charge < -0.3 is 0 Å². The van der Waals surface area contributed by atoms with E-state index in [1.54, 1.807) is 17.5 Å². The Labute approximate surface area is 148 Å². The van der Waals surface area contributed by atoms with Crippen molar-refractivity contribution in [2.24, 2.45) is 0 Å². The summed E-state index contributed by atoms with van der Waals surface area (Å²) < 4.78 is 1.98. The number of pyridine rings is 1. The largest absolute Gasteiger partial charge is 0.298 e. The number of nitrogens with one attached hydrogen (secondary N) is 1. The Morgan fingerprint density at radius 1 is 1.20 bits per heavy atom. The Kier molecular flexibility index (Phi) is 3.99. The van der Waals surface area contributed by atoms with Crippen molar-refractivity contribution in [3.8, 4) is 11.4 Å². The number of nitrogens with zero attached hydrogens (tertiary/aromatic N) is 4. The van der Waals surface area contributed by atoms with Crippen LogP contribution in [0.5, 0.6) is 0 Å². The second-order valence-corrected chi connectivity index (χ2v) is 6.58. The normalized spacial score (nSPS) is 10.9. The minimum absolute atomic E-state index is 0.130. The third-order valence-corrected chi connectivity index (χ3v) is 4.64. The fourth-order valence-electron chi connectivity index (χ4n) is 2.71. The molecule has 0 saturated heterocycles. The number of rotatable bonds is 4. The number of carbonyl (C=O) groups is 1. The SMILES string of the molecule is Cc1nc2ccccn2c1-c1ccnc(NC(=O)Cc2cccs2)n1. The average Bonchev–Trinajstić information content (AvgIpc) is 3.21. The van der Waals surface area contributed by atoms with Gasteiger partial charge in [0.25, 0.3) is 0 Å². The molecule has 0 aromatic carbocycles. The van der Waals surface area contributed by atoms with Crippen molar-refractivity contribution in [3.05, 3.63) is 64.7 Å². The highest BCUT2D eigenvalue weighted by Crippen LogP contribution is 2.23. The lowest BCUT2D eigenvalue weighted by Crippen LogP contribution is -2.16. The van der Waals surface area contributed by atoms with Crippen molar-refractivity contribution < 1.29 is 4.79 Å². The Hall–Kier alpha value is -3.06. The summed E-state index contributed by atoms with van der Waals surface area (Å²) in [6.07, 6.45) is 3.91. The maximum absolute atomic E-state index is 12.2. The molecule has 0 atom stereocenters. The summed E-state index contributed by atoms with van der Waals surface area (Å²) in [6.45, 7) is 1.94. The van der Waals surface area contributed by atoms with Crippen LogP contribution in [0.25, 0.3) is 17.0 Å². The lowest BCUT2D eigenvalue weighted by atomic mass is 10.2. The Morgan fingerprint density at radius 2 is 2.12 bits per heavy atom. The van der Waals surface area contributed by atoms with Crippen molar-refractivity contribution >= 4 is 28.8 Å². The van der Waals surface area contributed by atoms with Crippen LogP contribution in [0.15, 0.2) is 54.2 Å². The summed E-state index contributed by atoms with van der Waals surface area (Å²) in [7, 11) is 0. The lowest BCUT2D eigenvalue weighted by Gasteiger charge is -2.06. The zero-order valence-corrected chi connectivity index (χ0v) is 14.3. The predicted octanol–water partition coefficient (Wildman–Crippen LogP) is 3.34. The molecule has 4 rings (SSSR count). The van der Waals surface area contributed by atoms with E-state index >= 15 is 0 Å². The molecule has 0 aliphatic carbocycles. The number of amides is 1. The first-order valence-corrected chi connectivity index (χ1v) is 8.68. The number of anilines is 1. The number of hydrogen-bond donors (Lipinski definition) is 1. The molecule has 4 aromatic heterocycles. The molecule has 124 valence electrons. The summed E-state index contributed by atoms with van der Waals surface area (Å²) >= 11 is 1.55. The van der Waals surface area contributed by atoms with Gasteiger partial charge in [-0.2, -0.15) is 0 Å². The van der Waals surface area contributed by atoms with E-state index in [1.165, 1.54) is 0 Å². The van der Waals surface area contributed by atoms with Gasteiger partial charge >= 0.3 is 0 Å². The van der Waals surface area contributed by atoms with Gasteiger partial charge in [-0.05, 0) is 36.6 Å². The molecule has 25 heavy (non-hydrogen) atoms. The van der Waals surface area contributed by atoms with Crippen molar-refractivity contribution in [1.29, 1.82) is 0 Å². The zero-order valence-electron chi connectivity index (χ0n) is 13.5. The van der Waals surface area contributed by atoms with Crippen LogP contribution in [0.2, 0.25) is 0 Å². The minimum Gasteiger partial charge on any atom is -0.298 e. The van der Waals surface area contributed by atoms with Gasteiger partial charge in [0.05, 0.1) is 23.5 Å². The molecule has 6 nitrogen and oxygen atoms in total. The monoisotopic (exact) mass is 349 g/mol. The van der Waals surface area contributed by atoms with Crippen molar-refractivity contribution in [1.82, 2.24) is 19.4 Å². The predicted molar refractivity (Wildman–Crippen MR) is 97.6 cm³/mol. The smallest absolute Gasteiger partial charge is 0.231 e. The first-order valence-electron chi connectivity index (χ1n) is 7.80. The molecule has 0 bridgehead atoms. The number of hydrogen-bond acceptors (Lipinski definition) is 5. The van der Waals surface area contributed by atoms with Gasteiger partial charge in [-0.3, -0.25) is 14.5 Å². The lowest BCUT2D eigenvalue weighted by molar-refractivity contribution is -0.115. The highest BCUT2D eigenvalue weighted by atomic mass is 32.1. The molecular formula is C18H15N5OS. The minimum atomic E-state index is -0.130. The zero-order chi connectivity index (χ0) is 17.2. The quantitative estimate of drug-likeness (QED) is 0.613. The van der Waals surface area contributed by atoms with Gasteiger partial charge in [-0.25, -0.2) is 15.0 Å². The van der Waals surface area contributed by atoms with Crippen LogP contribution >= 0.6 is 11.3 Å². The molecule has 4 aromatic rings. The number of imidazole rings is 1. The highest BCUT2D eigenvalue weighted by molar-refractivity contribution is 7.10. The highest BCUT2D eigenvalue weighted by Gasteiger charge is 2.13. The molecule has 0 radical (unpaired) electrons. The van der Waals surface area contributed by atoms with E-state index < -0.39 is 0 Å². The van der Waals surface area contributed by atoms with Gasteiger partial charge in [0, 0.05) is 17.3 Å². The second kappa shape index (κ2) is 6.45. The summed E-state index contributed by atoms with van der Waals surface area (Å²) in [5.74, 6) is 0.166. The molecule has 4 heterocycles. The Morgan fingerprint density at radius 3 is 2.96 bits per heavy atom. The number of thiophene rings is 1. The Balaban J connectivity index is 1.63. The maximum Gasteiger partial charge on any atom is 0.231 e. The van der Waals surface area contributed by atoms with Crippen LogP contribution in [-0.4, -0.2) is 25.3 Å². The van der Waals surface area contributed by atoms with E-state index in [-0.39, 0.29) is 5.91 Å². The molecule has 0 unspecified atom stereocenters. The maximum atomic E-state index is 12.2. The van der Waals surface area contributed by atoms with Crippen LogP contribution in [0.3, 0.4) is 0 Å². The van der Waals surface area contributed by atoms with E-state index in [0.29, 0.717) is 12.4 Å². The van der Waals surface area contributed by atoms with E-state index in [1.807, 2.05) is 59.3 Å². The van der Waals surface area contributed by atoms with Crippen LogP contribution in [-0.2, 0) is 11.2 Å². The fraction of sp³-hybridized carbons (Fsp3) is 0.111. The van der Waals surface area contributed by atoms with Crippen LogP contribution in [0.1, 0.15) is 10.6 Å². The summed E-state index contributed by atoms with van der Waals surface area (Å²) in [4.78, 5) is 26.4. The van der Waals surface area contributed by atoms with E-state index in [2.05, 4.69) is 20.3 Å². The second-order valence-electron chi connectivity index (χ2n) is 5.54. The van der Waals surface area contributed by atoms with Crippen LogP contribution in [0, 0.1) is 6.92 Å². The van der Waals surface area contributed by atoms with E-state index in [4.69, 9.17) is 0 Å². The third kappa shape index (κ3) is 3.14. The van der Waals surface area contributed by atoms with E-state index in [9.17, 15) is 4.79 Å². The number of aromatic nitrogens is 4. The average molecular weight is 349 g/mol. The molecule has 0 spiro atoms. The number of carbonyl (C=O) groups excluding carboxylic acids is 1. The first kappa shape index (κ1) is 15.5. The number of aryl methyl sites for hydroxylation is 1.